The minimum Gasteiger partial charge on any atom is -0.387 e. The van der Waals surface area contributed by atoms with E-state index in [2.05, 4.69) is 5.10 Å². The maximum Gasteiger partial charge on any atom is 0.438 e. The van der Waals surface area contributed by atoms with Crippen LogP contribution < -0.4 is 0 Å². The number of alkyl halides is 3. The van der Waals surface area contributed by atoms with Crippen molar-refractivity contribution in [1.82, 2.24) is 10.2 Å². The van der Waals surface area contributed by atoms with Gasteiger partial charge in [-0.3, -0.25) is 5.10 Å². The number of nitrogens with one attached hydrogen (secondary N) is 1. The minimum atomic E-state index is -4.84. The molecule has 0 amide bonds. The standard InChI is InChI=1S/C6H6F4N2O/c1-2(13)4-3(7)5(12-11-4)6(8,9)10/h2,13H,1H3,(H,11,12). The maximum absolute atomic E-state index is 12.8. The molecule has 74 valence electrons. The summed E-state index contributed by atoms with van der Waals surface area (Å²) in [4.78, 5) is 0. The lowest BCUT2D eigenvalue weighted by molar-refractivity contribution is -0.143. The molecule has 0 aliphatic carbocycles. The molecule has 2 N–H and O–H groups in total. The van der Waals surface area contributed by atoms with Crippen molar-refractivity contribution in [1.29, 1.82) is 0 Å². The van der Waals surface area contributed by atoms with Crippen molar-refractivity contribution < 1.29 is 22.7 Å². The number of aliphatic hydroxyl groups is 1. The zero-order valence-electron chi connectivity index (χ0n) is 6.48. The van der Waals surface area contributed by atoms with Crippen molar-refractivity contribution in [3.8, 4) is 0 Å². The molecule has 0 saturated carbocycles. The summed E-state index contributed by atoms with van der Waals surface area (Å²) < 4.78 is 48.6. The number of aromatic nitrogens is 2. The summed E-state index contributed by atoms with van der Waals surface area (Å²) in [7, 11) is 0. The first-order chi connectivity index (χ1) is 5.84. The SMILES string of the molecule is CC(O)c1[nH]nc(C(F)(F)F)c1F. The molecule has 1 atom stereocenters. The van der Waals surface area contributed by atoms with Crippen molar-refractivity contribution in [3.05, 3.63) is 17.2 Å². The first-order valence-corrected chi connectivity index (χ1v) is 3.33. The van der Waals surface area contributed by atoms with Gasteiger partial charge in [0.2, 0.25) is 5.69 Å². The average Bonchev–Trinajstić information content (AvgIpc) is 2.28. The molecule has 0 aromatic carbocycles. The summed E-state index contributed by atoms with van der Waals surface area (Å²) in [6.45, 7) is 1.14. The van der Waals surface area contributed by atoms with Crippen LogP contribution in [0.1, 0.15) is 24.4 Å². The van der Waals surface area contributed by atoms with Gasteiger partial charge in [0.15, 0.2) is 5.82 Å². The van der Waals surface area contributed by atoms with Gasteiger partial charge in [-0.25, -0.2) is 4.39 Å². The molecule has 0 fully saturated rings. The highest BCUT2D eigenvalue weighted by Crippen LogP contribution is 2.31. The quantitative estimate of drug-likeness (QED) is 0.673. The molecule has 1 unspecified atom stereocenters. The molecule has 7 heteroatoms. The van der Waals surface area contributed by atoms with Gasteiger partial charge in [0.1, 0.15) is 0 Å². The Morgan fingerprint density at radius 2 is 2.00 bits per heavy atom. The Kier molecular flexibility index (Phi) is 2.29. The van der Waals surface area contributed by atoms with E-state index < -0.39 is 29.5 Å². The van der Waals surface area contributed by atoms with Gasteiger partial charge in [-0.1, -0.05) is 0 Å². The van der Waals surface area contributed by atoms with E-state index >= 15 is 0 Å². The molecule has 0 bridgehead atoms. The third kappa shape index (κ3) is 1.80. The summed E-state index contributed by atoms with van der Waals surface area (Å²) in [6, 6.07) is 0. The van der Waals surface area contributed by atoms with E-state index in [4.69, 9.17) is 5.11 Å². The number of halogens is 4. The number of H-pyrrole nitrogens is 1. The van der Waals surface area contributed by atoms with Crippen molar-refractivity contribution in [2.24, 2.45) is 0 Å². The summed E-state index contributed by atoms with van der Waals surface area (Å²) in [5.74, 6) is -1.55. The van der Waals surface area contributed by atoms with E-state index in [-0.39, 0.29) is 0 Å². The zero-order chi connectivity index (χ0) is 10.2. The van der Waals surface area contributed by atoms with Crippen LogP contribution >= 0.6 is 0 Å². The smallest absolute Gasteiger partial charge is 0.387 e. The normalized spacial score (nSPS) is 14.6. The van der Waals surface area contributed by atoms with Gasteiger partial charge >= 0.3 is 6.18 Å². The predicted molar refractivity (Wildman–Crippen MR) is 34.2 cm³/mol. The number of aromatic amines is 1. The second kappa shape index (κ2) is 2.99. The highest BCUT2D eigenvalue weighted by molar-refractivity contribution is 5.16. The van der Waals surface area contributed by atoms with Gasteiger partial charge in [-0.05, 0) is 6.92 Å². The Balaban J connectivity index is 3.14. The van der Waals surface area contributed by atoms with Crippen LogP contribution in [-0.2, 0) is 6.18 Å². The van der Waals surface area contributed by atoms with Crippen molar-refractivity contribution in [3.63, 3.8) is 0 Å². The molecular weight excluding hydrogens is 192 g/mol. The molecule has 1 heterocycles. The fourth-order valence-electron chi connectivity index (χ4n) is 0.806. The first kappa shape index (κ1) is 9.97. The van der Waals surface area contributed by atoms with Crippen LogP contribution in [0.15, 0.2) is 0 Å². The van der Waals surface area contributed by atoms with Gasteiger partial charge < -0.3 is 5.11 Å². The molecule has 0 radical (unpaired) electrons. The number of nitrogens with zero attached hydrogens (tertiary/aromatic N) is 1. The predicted octanol–water partition coefficient (Wildman–Crippen LogP) is 1.62. The molecule has 13 heavy (non-hydrogen) atoms. The third-order valence-corrected chi connectivity index (χ3v) is 1.42. The maximum atomic E-state index is 12.8. The molecule has 0 saturated heterocycles. The summed E-state index contributed by atoms with van der Waals surface area (Å²) in [6.07, 6.45) is -6.18. The van der Waals surface area contributed by atoms with Crippen LogP contribution in [0.4, 0.5) is 17.6 Å². The van der Waals surface area contributed by atoms with Gasteiger partial charge in [0, 0.05) is 0 Å². The second-order valence-electron chi connectivity index (χ2n) is 2.47. The van der Waals surface area contributed by atoms with Crippen LogP contribution in [-0.4, -0.2) is 15.3 Å². The van der Waals surface area contributed by atoms with Crippen molar-refractivity contribution in [2.75, 3.05) is 0 Å². The Morgan fingerprint density at radius 1 is 1.46 bits per heavy atom. The van der Waals surface area contributed by atoms with E-state index in [1.807, 2.05) is 0 Å². The number of aliphatic hydroxyl groups excluding tert-OH is 1. The summed E-state index contributed by atoms with van der Waals surface area (Å²) >= 11 is 0. The zero-order valence-corrected chi connectivity index (χ0v) is 6.48. The Bertz CT molecular complexity index is 304. The van der Waals surface area contributed by atoms with Gasteiger partial charge in [0.25, 0.3) is 0 Å². The van der Waals surface area contributed by atoms with Crippen molar-refractivity contribution in [2.45, 2.75) is 19.2 Å². The fourth-order valence-corrected chi connectivity index (χ4v) is 0.806. The van der Waals surface area contributed by atoms with Crippen LogP contribution in [0.25, 0.3) is 0 Å². The number of hydrogen-bond acceptors (Lipinski definition) is 2. The Labute approximate surface area is 70.4 Å². The van der Waals surface area contributed by atoms with E-state index in [1.54, 1.807) is 5.10 Å². The molecule has 1 rings (SSSR count). The highest BCUT2D eigenvalue weighted by atomic mass is 19.4. The van der Waals surface area contributed by atoms with E-state index in [0.29, 0.717) is 0 Å². The molecule has 0 aliphatic heterocycles. The second-order valence-corrected chi connectivity index (χ2v) is 2.47. The minimum absolute atomic E-state index is 0.563. The van der Waals surface area contributed by atoms with Crippen LogP contribution in [0, 0.1) is 5.82 Å². The lowest BCUT2D eigenvalue weighted by Crippen LogP contribution is -2.08. The van der Waals surface area contributed by atoms with E-state index in [0.717, 1.165) is 6.92 Å². The molecule has 1 aromatic rings. The number of rotatable bonds is 1. The molecule has 1 aromatic heterocycles. The van der Waals surface area contributed by atoms with Gasteiger partial charge in [-0.2, -0.15) is 18.3 Å². The summed E-state index contributed by atoms with van der Waals surface area (Å²) in [5.41, 5.74) is -2.20. The number of hydrogen-bond donors (Lipinski definition) is 2. The molecule has 3 nitrogen and oxygen atoms in total. The third-order valence-electron chi connectivity index (χ3n) is 1.42. The van der Waals surface area contributed by atoms with Crippen LogP contribution in [0.3, 0.4) is 0 Å². The lowest BCUT2D eigenvalue weighted by Gasteiger charge is -2.02. The fraction of sp³-hybridized carbons (Fsp3) is 0.500. The summed E-state index contributed by atoms with van der Waals surface area (Å²) in [5, 5.41) is 13.3. The Hall–Kier alpha value is -1.11. The largest absolute Gasteiger partial charge is 0.438 e. The molecular formula is C6H6F4N2O. The van der Waals surface area contributed by atoms with Gasteiger partial charge in [0.05, 0.1) is 11.8 Å². The monoisotopic (exact) mass is 198 g/mol. The average molecular weight is 198 g/mol. The van der Waals surface area contributed by atoms with E-state index in [9.17, 15) is 17.6 Å². The van der Waals surface area contributed by atoms with Crippen LogP contribution in [0.5, 0.6) is 0 Å². The lowest BCUT2D eigenvalue weighted by atomic mass is 10.2. The topological polar surface area (TPSA) is 48.9 Å². The molecule has 0 aliphatic rings. The molecule has 0 spiro atoms. The Morgan fingerprint density at radius 3 is 2.23 bits per heavy atom. The first-order valence-electron chi connectivity index (χ1n) is 3.33. The highest BCUT2D eigenvalue weighted by Gasteiger charge is 2.39. The van der Waals surface area contributed by atoms with E-state index in [1.165, 1.54) is 0 Å². The van der Waals surface area contributed by atoms with Gasteiger partial charge in [-0.15, -0.1) is 0 Å². The van der Waals surface area contributed by atoms with Crippen molar-refractivity contribution >= 4 is 0 Å². The van der Waals surface area contributed by atoms with Crippen LogP contribution in [0.2, 0.25) is 0 Å².